The third kappa shape index (κ3) is 3.87. The normalized spacial score (nSPS) is 19.0. The number of rotatable bonds is 5. The molecule has 1 saturated heterocycles. The van der Waals surface area contributed by atoms with E-state index in [0.29, 0.717) is 13.2 Å². The quantitative estimate of drug-likeness (QED) is 0.735. The van der Waals surface area contributed by atoms with Crippen LogP contribution in [0, 0.1) is 0 Å². The van der Waals surface area contributed by atoms with Gasteiger partial charge in [-0.1, -0.05) is 29.3 Å². The lowest BCUT2D eigenvalue weighted by molar-refractivity contribution is -0.121. The fourth-order valence-electron chi connectivity index (χ4n) is 3.66. The number of Topliss-reactive ketones (excluding diaryl/α,β-unsaturated/α-hetero) is 1. The number of fused-ring (bicyclic) bond motifs is 1. The predicted octanol–water partition coefficient (Wildman–Crippen LogP) is 2.73. The Morgan fingerprint density at radius 1 is 1.18 bits per heavy atom. The number of likely N-dealkylation sites (tertiary alicyclic amines) is 1. The third-order valence-corrected chi connectivity index (χ3v) is 5.71. The van der Waals surface area contributed by atoms with Crippen LogP contribution in [0.25, 0.3) is 0 Å². The predicted molar refractivity (Wildman–Crippen MR) is 105 cm³/mol. The Morgan fingerprint density at radius 3 is 2.79 bits per heavy atom. The van der Waals surface area contributed by atoms with Crippen LogP contribution in [0.15, 0.2) is 29.2 Å². The van der Waals surface area contributed by atoms with Gasteiger partial charge in [-0.3, -0.25) is 14.5 Å². The molecule has 0 amide bonds. The molecule has 1 unspecified atom stereocenters. The molecule has 0 N–H and O–H groups in total. The van der Waals surface area contributed by atoms with Crippen LogP contribution in [0.3, 0.4) is 0 Å². The Bertz CT molecular complexity index is 963. The van der Waals surface area contributed by atoms with Crippen molar-refractivity contribution in [2.45, 2.75) is 25.4 Å². The minimum Gasteiger partial charge on any atom is -0.486 e. The molecule has 3 heterocycles. The van der Waals surface area contributed by atoms with Crippen LogP contribution >= 0.6 is 23.2 Å². The first-order chi connectivity index (χ1) is 13.5. The summed E-state index contributed by atoms with van der Waals surface area (Å²) in [5.74, 6) is 1.38. The minimum absolute atomic E-state index is 0.0774. The highest BCUT2D eigenvalue weighted by Crippen LogP contribution is 2.37. The lowest BCUT2D eigenvalue weighted by atomic mass is 10.0. The summed E-state index contributed by atoms with van der Waals surface area (Å²) < 4.78 is 12.3. The first kappa shape index (κ1) is 19.2. The van der Waals surface area contributed by atoms with Gasteiger partial charge in [-0.25, -0.2) is 4.68 Å². The number of aromatic nitrogens is 2. The van der Waals surface area contributed by atoms with Gasteiger partial charge in [0.15, 0.2) is 17.3 Å². The molecule has 148 valence electrons. The summed E-state index contributed by atoms with van der Waals surface area (Å²) in [7, 11) is 0. The van der Waals surface area contributed by atoms with Crippen LogP contribution in [0.1, 0.15) is 24.4 Å². The van der Waals surface area contributed by atoms with Gasteiger partial charge in [0.25, 0.3) is 5.56 Å². The van der Waals surface area contributed by atoms with E-state index < -0.39 is 5.56 Å². The number of hydrogen-bond acceptors (Lipinski definition) is 6. The van der Waals surface area contributed by atoms with E-state index in [1.165, 1.54) is 6.20 Å². The van der Waals surface area contributed by atoms with Gasteiger partial charge in [0.1, 0.15) is 24.8 Å². The van der Waals surface area contributed by atoms with E-state index in [-0.39, 0.29) is 35.0 Å². The second-order valence-electron chi connectivity index (χ2n) is 6.84. The molecule has 4 rings (SSSR count). The van der Waals surface area contributed by atoms with Crippen LogP contribution in [0.2, 0.25) is 10.0 Å². The summed E-state index contributed by atoms with van der Waals surface area (Å²) in [6.07, 6.45) is 3.22. The SMILES string of the molecule is O=C(CN1CCCC1c1ccc2c(c1)OCCO2)Cn1ncc(Cl)c(Cl)c1=O. The first-order valence-electron chi connectivity index (χ1n) is 9.09. The van der Waals surface area contributed by atoms with Gasteiger partial charge < -0.3 is 9.47 Å². The van der Waals surface area contributed by atoms with Crippen molar-refractivity contribution in [1.29, 1.82) is 0 Å². The average Bonchev–Trinajstić information content (AvgIpc) is 3.16. The molecule has 1 fully saturated rings. The van der Waals surface area contributed by atoms with Crippen molar-refractivity contribution in [1.82, 2.24) is 14.7 Å². The molecule has 0 bridgehead atoms. The molecule has 28 heavy (non-hydrogen) atoms. The Hall–Kier alpha value is -2.09. The standard InChI is InChI=1S/C19H19Cl2N3O4/c20-14-9-22-24(19(26)18(14)21)11-13(25)10-23-5-1-2-15(23)12-3-4-16-17(8-12)28-7-6-27-16/h3-4,8-9,15H,1-2,5-7,10-11H2. The fraction of sp³-hybridized carbons (Fsp3) is 0.421. The van der Waals surface area contributed by atoms with E-state index in [1.54, 1.807) is 0 Å². The largest absolute Gasteiger partial charge is 0.486 e. The van der Waals surface area contributed by atoms with Crippen LogP contribution < -0.4 is 15.0 Å². The number of halogens is 2. The van der Waals surface area contributed by atoms with Crippen LogP contribution in [0.5, 0.6) is 11.5 Å². The molecule has 2 aliphatic rings. The maximum absolute atomic E-state index is 12.6. The summed E-state index contributed by atoms with van der Waals surface area (Å²) in [5.41, 5.74) is 0.534. The minimum atomic E-state index is -0.563. The van der Waals surface area contributed by atoms with E-state index >= 15 is 0 Å². The van der Waals surface area contributed by atoms with E-state index in [2.05, 4.69) is 10.00 Å². The van der Waals surface area contributed by atoms with Crippen LogP contribution in [-0.4, -0.2) is 46.8 Å². The second kappa shape index (κ2) is 8.11. The zero-order valence-electron chi connectivity index (χ0n) is 15.1. The number of ether oxygens (including phenoxy) is 2. The van der Waals surface area contributed by atoms with E-state index in [1.807, 2.05) is 18.2 Å². The maximum atomic E-state index is 12.6. The highest BCUT2D eigenvalue weighted by atomic mass is 35.5. The molecule has 2 aliphatic heterocycles. The summed E-state index contributed by atoms with van der Waals surface area (Å²) in [5, 5.41) is 3.85. The lowest BCUT2D eigenvalue weighted by Crippen LogP contribution is -2.34. The van der Waals surface area contributed by atoms with Gasteiger partial charge in [0.2, 0.25) is 0 Å². The van der Waals surface area contributed by atoms with Crippen molar-refractivity contribution < 1.29 is 14.3 Å². The van der Waals surface area contributed by atoms with Crippen molar-refractivity contribution in [2.75, 3.05) is 26.3 Å². The molecule has 1 aromatic carbocycles. The van der Waals surface area contributed by atoms with Gasteiger partial charge in [-0.2, -0.15) is 5.10 Å². The summed E-state index contributed by atoms with van der Waals surface area (Å²) in [6.45, 7) is 2.00. The lowest BCUT2D eigenvalue weighted by Gasteiger charge is -2.26. The Kier molecular flexibility index (Phi) is 5.57. The molecule has 1 atom stereocenters. The van der Waals surface area contributed by atoms with Gasteiger partial charge in [0.05, 0.1) is 17.8 Å². The van der Waals surface area contributed by atoms with Crippen molar-refractivity contribution >= 4 is 29.0 Å². The van der Waals surface area contributed by atoms with E-state index in [0.717, 1.165) is 41.1 Å². The number of ketones is 1. The monoisotopic (exact) mass is 423 g/mol. The molecule has 0 spiro atoms. The van der Waals surface area contributed by atoms with E-state index in [4.69, 9.17) is 32.7 Å². The molecule has 7 nitrogen and oxygen atoms in total. The number of hydrogen-bond donors (Lipinski definition) is 0. The molecule has 1 aromatic heterocycles. The second-order valence-corrected chi connectivity index (χ2v) is 7.62. The topological polar surface area (TPSA) is 73.7 Å². The van der Waals surface area contributed by atoms with Crippen molar-refractivity contribution in [3.8, 4) is 11.5 Å². The average molecular weight is 424 g/mol. The van der Waals surface area contributed by atoms with Gasteiger partial charge in [-0.05, 0) is 37.1 Å². The van der Waals surface area contributed by atoms with Crippen molar-refractivity contribution in [3.05, 3.63) is 50.4 Å². The zero-order chi connectivity index (χ0) is 19.7. The van der Waals surface area contributed by atoms with Crippen molar-refractivity contribution in [3.63, 3.8) is 0 Å². The van der Waals surface area contributed by atoms with E-state index in [9.17, 15) is 9.59 Å². The molecular weight excluding hydrogens is 405 g/mol. The molecule has 0 saturated carbocycles. The van der Waals surface area contributed by atoms with Crippen LogP contribution in [0.4, 0.5) is 0 Å². The smallest absolute Gasteiger partial charge is 0.287 e. The Labute approximate surface area is 171 Å². The molecule has 0 aliphatic carbocycles. The fourth-order valence-corrected chi connectivity index (χ4v) is 3.93. The summed E-state index contributed by atoms with van der Waals surface area (Å²) in [4.78, 5) is 26.8. The number of benzene rings is 1. The molecular formula is C19H19Cl2N3O4. The first-order valence-corrected chi connectivity index (χ1v) is 9.85. The highest BCUT2D eigenvalue weighted by Gasteiger charge is 2.29. The number of nitrogens with zero attached hydrogens (tertiary/aromatic N) is 3. The van der Waals surface area contributed by atoms with Gasteiger partial charge in [-0.15, -0.1) is 0 Å². The molecule has 0 radical (unpaired) electrons. The highest BCUT2D eigenvalue weighted by molar-refractivity contribution is 6.41. The molecule has 2 aromatic rings. The Balaban J connectivity index is 1.46. The van der Waals surface area contributed by atoms with Gasteiger partial charge >= 0.3 is 0 Å². The molecule has 9 heteroatoms. The van der Waals surface area contributed by atoms with Crippen molar-refractivity contribution in [2.24, 2.45) is 0 Å². The number of carbonyl (C=O) groups is 1. The third-order valence-electron chi connectivity index (χ3n) is 4.96. The summed E-state index contributed by atoms with van der Waals surface area (Å²) >= 11 is 11.6. The number of carbonyl (C=O) groups excluding carboxylic acids is 1. The maximum Gasteiger partial charge on any atom is 0.287 e. The van der Waals surface area contributed by atoms with Gasteiger partial charge in [0, 0.05) is 6.04 Å². The summed E-state index contributed by atoms with van der Waals surface area (Å²) in [6, 6.07) is 6.05. The van der Waals surface area contributed by atoms with Crippen LogP contribution in [-0.2, 0) is 11.3 Å². The Morgan fingerprint density at radius 2 is 1.96 bits per heavy atom. The zero-order valence-corrected chi connectivity index (χ0v) is 16.6.